The lowest BCUT2D eigenvalue weighted by Gasteiger charge is -2.27. The Morgan fingerprint density at radius 3 is 2.56 bits per heavy atom. The second kappa shape index (κ2) is 4.83. The van der Waals surface area contributed by atoms with Gasteiger partial charge in [0.2, 0.25) is 0 Å². The molecule has 1 fully saturated rings. The Labute approximate surface area is 99.0 Å². The van der Waals surface area contributed by atoms with Gasteiger partial charge in [0.25, 0.3) is 5.91 Å². The van der Waals surface area contributed by atoms with E-state index in [1.165, 1.54) is 24.6 Å². The second-order valence-corrected chi connectivity index (χ2v) is 4.38. The standard InChI is InChI=1S/C12H13ClFNO/c13-11-8-9(14)4-5-10(11)12(16)15-6-2-1-3-7-15/h4-5,8H,1-3,6-7H2. The average molecular weight is 242 g/mol. The number of piperidine rings is 1. The van der Waals surface area contributed by atoms with Crippen molar-refractivity contribution in [3.63, 3.8) is 0 Å². The van der Waals surface area contributed by atoms with Gasteiger partial charge in [0.05, 0.1) is 10.6 Å². The molecule has 1 heterocycles. The normalized spacial score (nSPS) is 16.2. The third-order valence-electron chi connectivity index (χ3n) is 2.80. The zero-order valence-corrected chi connectivity index (χ0v) is 9.63. The van der Waals surface area contributed by atoms with Gasteiger partial charge in [-0.1, -0.05) is 11.6 Å². The number of hydrogen-bond acceptors (Lipinski definition) is 1. The summed E-state index contributed by atoms with van der Waals surface area (Å²) in [4.78, 5) is 13.8. The maximum atomic E-state index is 12.8. The molecule has 86 valence electrons. The number of benzene rings is 1. The molecule has 1 aromatic rings. The molecule has 2 nitrogen and oxygen atoms in total. The van der Waals surface area contributed by atoms with Crippen molar-refractivity contribution in [3.05, 3.63) is 34.6 Å². The summed E-state index contributed by atoms with van der Waals surface area (Å²) in [6.45, 7) is 1.54. The maximum Gasteiger partial charge on any atom is 0.255 e. The van der Waals surface area contributed by atoms with Crippen LogP contribution in [0.2, 0.25) is 5.02 Å². The lowest BCUT2D eigenvalue weighted by Crippen LogP contribution is -2.35. The van der Waals surface area contributed by atoms with Crippen LogP contribution < -0.4 is 0 Å². The molecule has 1 saturated heterocycles. The first-order valence-electron chi connectivity index (χ1n) is 5.43. The molecule has 0 aliphatic carbocycles. The minimum Gasteiger partial charge on any atom is -0.339 e. The third kappa shape index (κ3) is 2.35. The molecule has 1 amide bonds. The van der Waals surface area contributed by atoms with E-state index in [1.807, 2.05) is 0 Å². The van der Waals surface area contributed by atoms with Gasteiger partial charge in [0, 0.05) is 13.1 Å². The van der Waals surface area contributed by atoms with Crippen LogP contribution in [0.3, 0.4) is 0 Å². The van der Waals surface area contributed by atoms with Crippen molar-refractivity contribution in [2.24, 2.45) is 0 Å². The molecular formula is C12H13ClFNO. The molecule has 0 atom stereocenters. The van der Waals surface area contributed by atoms with Gasteiger partial charge in [-0.05, 0) is 37.5 Å². The van der Waals surface area contributed by atoms with Crippen LogP contribution in [0, 0.1) is 5.82 Å². The monoisotopic (exact) mass is 241 g/mol. The fraction of sp³-hybridized carbons (Fsp3) is 0.417. The minimum absolute atomic E-state index is 0.0929. The quantitative estimate of drug-likeness (QED) is 0.740. The molecule has 0 bridgehead atoms. The Morgan fingerprint density at radius 2 is 1.94 bits per heavy atom. The largest absolute Gasteiger partial charge is 0.339 e. The fourth-order valence-electron chi connectivity index (χ4n) is 1.93. The lowest BCUT2D eigenvalue weighted by molar-refractivity contribution is 0.0724. The van der Waals surface area contributed by atoms with E-state index in [-0.39, 0.29) is 10.9 Å². The molecule has 0 spiro atoms. The van der Waals surface area contributed by atoms with Gasteiger partial charge >= 0.3 is 0 Å². The summed E-state index contributed by atoms with van der Waals surface area (Å²) in [6.07, 6.45) is 3.23. The molecule has 0 radical (unpaired) electrons. The number of halogens is 2. The van der Waals surface area contributed by atoms with Crippen LogP contribution in [0.5, 0.6) is 0 Å². The summed E-state index contributed by atoms with van der Waals surface area (Å²) in [5, 5.41) is 0.190. The van der Waals surface area contributed by atoms with Crippen LogP contribution in [-0.2, 0) is 0 Å². The summed E-state index contributed by atoms with van der Waals surface area (Å²) in [6, 6.07) is 3.90. The molecule has 2 rings (SSSR count). The van der Waals surface area contributed by atoms with Crippen molar-refractivity contribution >= 4 is 17.5 Å². The van der Waals surface area contributed by atoms with Gasteiger partial charge in [-0.15, -0.1) is 0 Å². The summed E-state index contributed by atoms with van der Waals surface area (Å²) in [7, 11) is 0. The summed E-state index contributed by atoms with van der Waals surface area (Å²) in [5.41, 5.74) is 0.393. The van der Waals surface area contributed by atoms with Crippen LogP contribution >= 0.6 is 11.6 Å². The SMILES string of the molecule is O=C(c1ccc(F)cc1Cl)N1CCCCC1. The smallest absolute Gasteiger partial charge is 0.255 e. The van der Waals surface area contributed by atoms with E-state index in [0.29, 0.717) is 5.56 Å². The van der Waals surface area contributed by atoms with Crippen LogP contribution in [0.4, 0.5) is 4.39 Å². The highest BCUT2D eigenvalue weighted by atomic mass is 35.5. The van der Waals surface area contributed by atoms with Crippen molar-refractivity contribution in [1.29, 1.82) is 0 Å². The van der Waals surface area contributed by atoms with Crippen LogP contribution in [-0.4, -0.2) is 23.9 Å². The zero-order valence-electron chi connectivity index (χ0n) is 8.88. The molecule has 0 unspecified atom stereocenters. The van der Waals surface area contributed by atoms with Crippen LogP contribution in [0.1, 0.15) is 29.6 Å². The lowest BCUT2D eigenvalue weighted by atomic mass is 10.1. The molecule has 1 aliphatic rings. The highest BCUT2D eigenvalue weighted by Crippen LogP contribution is 2.20. The topological polar surface area (TPSA) is 20.3 Å². The third-order valence-corrected chi connectivity index (χ3v) is 3.12. The summed E-state index contributed by atoms with van der Waals surface area (Å²) < 4.78 is 12.8. The van der Waals surface area contributed by atoms with Crippen molar-refractivity contribution in [1.82, 2.24) is 4.90 Å². The first-order valence-corrected chi connectivity index (χ1v) is 5.80. The minimum atomic E-state index is -0.416. The Kier molecular flexibility index (Phi) is 3.44. The van der Waals surface area contributed by atoms with Crippen molar-refractivity contribution in [3.8, 4) is 0 Å². The van der Waals surface area contributed by atoms with Gasteiger partial charge < -0.3 is 4.90 Å². The first-order chi connectivity index (χ1) is 7.68. The molecule has 0 aromatic heterocycles. The van der Waals surface area contributed by atoms with Gasteiger partial charge in [-0.3, -0.25) is 4.79 Å². The van der Waals surface area contributed by atoms with Gasteiger partial charge in [0.1, 0.15) is 5.82 Å². The number of rotatable bonds is 1. The molecule has 0 saturated carbocycles. The number of nitrogens with zero attached hydrogens (tertiary/aromatic N) is 1. The van der Waals surface area contributed by atoms with E-state index in [0.717, 1.165) is 25.9 Å². The fourth-order valence-corrected chi connectivity index (χ4v) is 2.18. The number of likely N-dealkylation sites (tertiary alicyclic amines) is 1. The van der Waals surface area contributed by atoms with Crippen molar-refractivity contribution in [2.75, 3.05) is 13.1 Å². The van der Waals surface area contributed by atoms with Gasteiger partial charge in [-0.2, -0.15) is 0 Å². The van der Waals surface area contributed by atoms with E-state index in [1.54, 1.807) is 4.90 Å². The Balaban J connectivity index is 2.19. The molecule has 16 heavy (non-hydrogen) atoms. The average Bonchev–Trinajstić information content (AvgIpc) is 2.29. The van der Waals surface area contributed by atoms with Gasteiger partial charge in [0.15, 0.2) is 0 Å². The number of amides is 1. The number of carbonyl (C=O) groups is 1. The molecule has 1 aliphatic heterocycles. The van der Waals surface area contributed by atoms with E-state index < -0.39 is 5.82 Å². The van der Waals surface area contributed by atoms with Gasteiger partial charge in [-0.25, -0.2) is 4.39 Å². The summed E-state index contributed by atoms with van der Waals surface area (Å²) >= 11 is 5.86. The second-order valence-electron chi connectivity index (χ2n) is 3.98. The predicted molar refractivity (Wildman–Crippen MR) is 61.2 cm³/mol. The number of hydrogen-bond donors (Lipinski definition) is 0. The Hall–Kier alpha value is -1.09. The van der Waals surface area contributed by atoms with Crippen LogP contribution in [0.15, 0.2) is 18.2 Å². The Morgan fingerprint density at radius 1 is 1.25 bits per heavy atom. The summed E-state index contributed by atoms with van der Waals surface area (Å²) in [5.74, 6) is -0.509. The molecule has 1 aromatic carbocycles. The van der Waals surface area contributed by atoms with Crippen LogP contribution in [0.25, 0.3) is 0 Å². The highest BCUT2D eigenvalue weighted by molar-refractivity contribution is 6.33. The Bertz CT molecular complexity index is 402. The predicted octanol–water partition coefficient (Wildman–Crippen LogP) is 3.11. The zero-order chi connectivity index (χ0) is 11.5. The van der Waals surface area contributed by atoms with E-state index in [2.05, 4.69) is 0 Å². The van der Waals surface area contributed by atoms with E-state index in [9.17, 15) is 9.18 Å². The molecule has 4 heteroatoms. The van der Waals surface area contributed by atoms with E-state index in [4.69, 9.17) is 11.6 Å². The van der Waals surface area contributed by atoms with Crippen molar-refractivity contribution in [2.45, 2.75) is 19.3 Å². The number of carbonyl (C=O) groups excluding carboxylic acids is 1. The molecule has 0 N–H and O–H groups in total. The maximum absolute atomic E-state index is 12.8. The molecular weight excluding hydrogens is 229 g/mol. The van der Waals surface area contributed by atoms with Crippen molar-refractivity contribution < 1.29 is 9.18 Å². The first kappa shape index (κ1) is 11.4. The highest BCUT2D eigenvalue weighted by Gasteiger charge is 2.20. The van der Waals surface area contributed by atoms with E-state index >= 15 is 0 Å².